The van der Waals surface area contributed by atoms with Crippen LogP contribution in [0.15, 0.2) is 34.8 Å². The number of hydrogen-bond acceptors (Lipinski definition) is 5. The van der Waals surface area contributed by atoms with Crippen molar-refractivity contribution in [2.75, 3.05) is 0 Å². The highest BCUT2D eigenvalue weighted by Crippen LogP contribution is 2.18. The first-order valence-corrected chi connectivity index (χ1v) is 8.53. The number of aryl methyl sites for hydroxylation is 1. The van der Waals surface area contributed by atoms with E-state index in [0.29, 0.717) is 5.56 Å². The highest BCUT2D eigenvalue weighted by molar-refractivity contribution is 7.89. The molecule has 0 spiro atoms. The number of aliphatic hydroxyl groups is 1. The fourth-order valence-corrected chi connectivity index (χ4v) is 3.66. The van der Waals surface area contributed by atoms with E-state index in [9.17, 15) is 8.42 Å². The summed E-state index contributed by atoms with van der Waals surface area (Å²) in [4.78, 5) is 4.87. The van der Waals surface area contributed by atoms with Crippen LogP contribution in [0.25, 0.3) is 0 Å². The van der Waals surface area contributed by atoms with Gasteiger partial charge in [0.05, 0.1) is 6.61 Å². The number of pyridine rings is 1. The lowest BCUT2D eigenvalue weighted by molar-refractivity contribution is 0.281. The quantitative estimate of drug-likeness (QED) is 0.850. The molecule has 0 saturated heterocycles. The second-order valence-electron chi connectivity index (χ2n) is 4.21. The number of aliphatic hydroxyl groups excluding tert-OH is 1. The first-order chi connectivity index (χ1) is 9.56. The van der Waals surface area contributed by atoms with Gasteiger partial charge in [-0.15, -0.1) is 11.3 Å². The maximum absolute atomic E-state index is 12.1. The van der Waals surface area contributed by atoms with E-state index in [1.54, 1.807) is 6.07 Å². The maximum Gasteiger partial charge on any atom is 0.258 e. The van der Waals surface area contributed by atoms with Gasteiger partial charge < -0.3 is 5.11 Å². The number of nitrogens with one attached hydrogen (secondary N) is 1. The van der Waals surface area contributed by atoms with Crippen LogP contribution < -0.4 is 4.72 Å². The standard InChI is InChI=1S/C13H16N2O3S2/c1-2-11-5-6-19-12(11)8-15-20(17,18)13-4-3-10(9-16)7-14-13/h3-7,15-16H,2,8-9H2,1H3. The molecule has 0 bridgehead atoms. The zero-order chi connectivity index (χ0) is 14.6. The maximum atomic E-state index is 12.1. The molecule has 2 aromatic heterocycles. The second-order valence-corrected chi connectivity index (χ2v) is 6.92. The van der Waals surface area contributed by atoms with Crippen molar-refractivity contribution < 1.29 is 13.5 Å². The zero-order valence-corrected chi connectivity index (χ0v) is 12.7. The smallest absolute Gasteiger partial charge is 0.258 e. The predicted molar refractivity (Wildman–Crippen MR) is 77.9 cm³/mol. The molecule has 0 saturated carbocycles. The Morgan fingerprint density at radius 1 is 1.35 bits per heavy atom. The van der Waals surface area contributed by atoms with Crippen LogP contribution in [0.5, 0.6) is 0 Å². The molecule has 0 aromatic carbocycles. The largest absolute Gasteiger partial charge is 0.392 e. The molecule has 7 heteroatoms. The summed E-state index contributed by atoms with van der Waals surface area (Å²) in [6, 6.07) is 4.94. The molecule has 0 aliphatic carbocycles. The van der Waals surface area contributed by atoms with E-state index < -0.39 is 10.0 Å². The number of sulfonamides is 1. The van der Waals surface area contributed by atoms with Crippen molar-refractivity contribution in [3.63, 3.8) is 0 Å². The van der Waals surface area contributed by atoms with Crippen molar-refractivity contribution in [3.8, 4) is 0 Å². The third kappa shape index (κ3) is 3.43. The number of aromatic nitrogens is 1. The zero-order valence-electron chi connectivity index (χ0n) is 11.0. The summed E-state index contributed by atoms with van der Waals surface area (Å²) >= 11 is 1.54. The Hall–Kier alpha value is -1.28. The topological polar surface area (TPSA) is 79.3 Å². The summed E-state index contributed by atoms with van der Waals surface area (Å²) in [7, 11) is -3.62. The summed E-state index contributed by atoms with van der Waals surface area (Å²) in [6.45, 7) is 2.15. The molecule has 0 atom stereocenters. The molecule has 2 heterocycles. The molecule has 5 nitrogen and oxygen atoms in total. The normalized spacial score (nSPS) is 11.7. The van der Waals surface area contributed by atoms with Crippen LogP contribution in [0.2, 0.25) is 0 Å². The first-order valence-electron chi connectivity index (χ1n) is 6.17. The SMILES string of the molecule is CCc1ccsc1CNS(=O)(=O)c1ccc(CO)cn1. The fraction of sp³-hybridized carbons (Fsp3) is 0.308. The predicted octanol–water partition coefficient (Wildman–Crippen LogP) is 1.68. The van der Waals surface area contributed by atoms with Crippen LogP contribution in [-0.4, -0.2) is 18.5 Å². The van der Waals surface area contributed by atoms with Crippen molar-refractivity contribution >= 4 is 21.4 Å². The van der Waals surface area contributed by atoms with Gasteiger partial charge in [-0.2, -0.15) is 0 Å². The van der Waals surface area contributed by atoms with Crippen molar-refractivity contribution in [2.45, 2.75) is 31.5 Å². The van der Waals surface area contributed by atoms with Gasteiger partial charge >= 0.3 is 0 Å². The van der Waals surface area contributed by atoms with Gasteiger partial charge in [-0.1, -0.05) is 13.0 Å². The summed E-state index contributed by atoms with van der Waals surface area (Å²) in [5, 5.41) is 10.8. The van der Waals surface area contributed by atoms with Gasteiger partial charge in [-0.05, 0) is 35.1 Å². The molecule has 20 heavy (non-hydrogen) atoms. The molecule has 2 N–H and O–H groups in total. The molecular formula is C13H16N2O3S2. The lowest BCUT2D eigenvalue weighted by Gasteiger charge is -2.06. The summed E-state index contributed by atoms with van der Waals surface area (Å²) < 4.78 is 26.7. The molecule has 0 aliphatic heterocycles. The Kier molecular flexibility index (Phi) is 4.87. The molecule has 2 rings (SSSR count). The minimum atomic E-state index is -3.62. The lowest BCUT2D eigenvalue weighted by Crippen LogP contribution is -2.24. The highest BCUT2D eigenvalue weighted by Gasteiger charge is 2.16. The Balaban J connectivity index is 2.10. The van der Waals surface area contributed by atoms with Crippen LogP contribution in [0.3, 0.4) is 0 Å². The third-order valence-electron chi connectivity index (χ3n) is 2.90. The Morgan fingerprint density at radius 2 is 2.15 bits per heavy atom. The third-order valence-corrected chi connectivity index (χ3v) is 5.18. The van der Waals surface area contributed by atoms with Crippen LogP contribution >= 0.6 is 11.3 Å². The molecule has 108 valence electrons. The van der Waals surface area contributed by atoms with Crippen LogP contribution in [0, 0.1) is 0 Å². The van der Waals surface area contributed by atoms with Crippen LogP contribution in [-0.2, 0) is 29.6 Å². The van der Waals surface area contributed by atoms with Crippen molar-refractivity contribution in [1.82, 2.24) is 9.71 Å². The number of hydrogen-bond donors (Lipinski definition) is 2. The Labute approximate surface area is 122 Å². The summed E-state index contributed by atoms with van der Waals surface area (Å²) in [5.41, 5.74) is 1.73. The molecule has 2 aromatic rings. The van der Waals surface area contributed by atoms with E-state index in [4.69, 9.17) is 5.11 Å². The van der Waals surface area contributed by atoms with Crippen LogP contribution in [0.1, 0.15) is 22.9 Å². The van der Waals surface area contributed by atoms with E-state index >= 15 is 0 Å². The van der Waals surface area contributed by atoms with Crippen molar-refractivity contribution in [3.05, 3.63) is 45.8 Å². The molecule has 0 radical (unpaired) electrons. The average Bonchev–Trinajstić information content (AvgIpc) is 2.93. The van der Waals surface area contributed by atoms with Gasteiger partial charge in [-0.25, -0.2) is 18.1 Å². The van der Waals surface area contributed by atoms with Gasteiger partial charge in [0.1, 0.15) is 0 Å². The van der Waals surface area contributed by atoms with Gasteiger partial charge in [0, 0.05) is 17.6 Å². The van der Waals surface area contributed by atoms with Gasteiger partial charge in [-0.3, -0.25) is 0 Å². The molecule has 0 aliphatic rings. The Morgan fingerprint density at radius 3 is 2.75 bits per heavy atom. The monoisotopic (exact) mass is 312 g/mol. The van der Waals surface area contributed by atoms with Gasteiger partial charge in [0.2, 0.25) is 0 Å². The number of nitrogens with zero attached hydrogens (tertiary/aromatic N) is 1. The van der Waals surface area contributed by atoms with Gasteiger partial charge in [0.25, 0.3) is 10.0 Å². The van der Waals surface area contributed by atoms with E-state index in [1.807, 2.05) is 18.4 Å². The first kappa shape index (κ1) is 15.1. The summed E-state index contributed by atoms with van der Waals surface area (Å²) in [5.74, 6) is 0. The van der Waals surface area contributed by atoms with E-state index in [2.05, 4.69) is 9.71 Å². The van der Waals surface area contributed by atoms with Crippen molar-refractivity contribution in [2.24, 2.45) is 0 Å². The second kappa shape index (κ2) is 6.45. The minimum Gasteiger partial charge on any atom is -0.392 e. The number of thiophene rings is 1. The molecular weight excluding hydrogens is 296 g/mol. The van der Waals surface area contributed by atoms with Gasteiger partial charge in [0.15, 0.2) is 5.03 Å². The molecule has 0 fully saturated rings. The Bertz CT molecular complexity index is 663. The summed E-state index contributed by atoms with van der Waals surface area (Å²) in [6.07, 6.45) is 2.24. The van der Waals surface area contributed by atoms with E-state index in [1.165, 1.54) is 23.6 Å². The van der Waals surface area contributed by atoms with E-state index in [0.717, 1.165) is 16.9 Å². The van der Waals surface area contributed by atoms with Crippen molar-refractivity contribution in [1.29, 1.82) is 0 Å². The fourth-order valence-electron chi connectivity index (χ4n) is 1.74. The highest BCUT2D eigenvalue weighted by atomic mass is 32.2. The van der Waals surface area contributed by atoms with Crippen LogP contribution in [0.4, 0.5) is 0 Å². The lowest BCUT2D eigenvalue weighted by atomic mass is 10.2. The number of rotatable bonds is 6. The molecule has 0 unspecified atom stereocenters. The minimum absolute atomic E-state index is 0.0377. The average molecular weight is 312 g/mol. The van der Waals surface area contributed by atoms with E-state index in [-0.39, 0.29) is 18.2 Å². The molecule has 0 amide bonds.